The summed E-state index contributed by atoms with van der Waals surface area (Å²) in [5.74, 6) is 1.52. The highest BCUT2D eigenvalue weighted by Gasteiger charge is 2.18. The molecule has 2 heterocycles. The van der Waals surface area contributed by atoms with E-state index in [1.54, 1.807) is 6.07 Å². The molecule has 1 atom stereocenters. The summed E-state index contributed by atoms with van der Waals surface area (Å²) < 4.78 is 5.68. The first-order valence-electron chi connectivity index (χ1n) is 8.91. The van der Waals surface area contributed by atoms with Crippen LogP contribution in [0.5, 0.6) is 0 Å². The van der Waals surface area contributed by atoms with Gasteiger partial charge >= 0.3 is 0 Å². The van der Waals surface area contributed by atoms with Crippen LogP contribution in [-0.2, 0) is 11.2 Å². The fourth-order valence-corrected chi connectivity index (χ4v) is 2.94. The molecule has 3 rings (SSSR count). The van der Waals surface area contributed by atoms with Crippen LogP contribution < -0.4 is 10.9 Å². The molecule has 0 spiro atoms. The lowest BCUT2D eigenvalue weighted by Crippen LogP contribution is -2.34. The number of hydrogen-bond acceptors (Lipinski definition) is 5. The third-order valence-electron chi connectivity index (χ3n) is 4.46. The number of nitrogens with one attached hydrogen (secondary N) is 2. The number of benzene rings is 1. The van der Waals surface area contributed by atoms with Crippen molar-refractivity contribution in [1.29, 1.82) is 0 Å². The first kappa shape index (κ1) is 18.8. The monoisotopic (exact) mass is 368 g/mol. The quantitative estimate of drug-likeness (QED) is 0.667. The molecule has 1 amide bonds. The molecule has 0 fully saturated rings. The maximum atomic E-state index is 12.3. The van der Waals surface area contributed by atoms with Crippen LogP contribution in [0.15, 0.2) is 45.6 Å². The molecule has 0 saturated carbocycles. The van der Waals surface area contributed by atoms with Crippen LogP contribution in [0, 0.1) is 6.92 Å². The molecule has 3 aromatic rings. The van der Waals surface area contributed by atoms with E-state index in [0.29, 0.717) is 29.7 Å². The Morgan fingerprint density at radius 1 is 1.26 bits per heavy atom. The number of aromatic amines is 1. The topological polar surface area (TPSA) is 91.2 Å². The van der Waals surface area contributed by atoms with Gasteiger partial charge < -0.3 is 14.7 Å². The molecule has 2 aromatic heterocycles. The number of hydrogen-bond donors (Lipinski definition) is 2. The Hall–Kier alpha value is -2.93. The molecule has 0 aliphatic rings. The van der Waals surface area contributed by atoms with E-state index in [1.807, 2.05) is 56.3 Å². The van der Waals surface area contributed by atoms with Crippen molar-refractivity contribution in [3.05, 3.63) is 64.0 Å². The number of likely N-dealkylation sites (N-methyl/N-ethyl adjacent to an activating group) is 1. The van der Waals surface area contributed by atoms with Crippen LogP contribution >= 0.6 is 0 Å². The zero-order valence-electron chi connectivity index (χ0n) is 15.8. The van der Waals surface area contributed by atoms with Crippen molar-refractivity contribution >= 4 is 16.9 Å². The predicted molar refractivity (Wildman–Crippen MR) is 104 cm³/mol. The number of H-pyrrole nitrogens is 1. The number of carbonyl (C=O) groups excluding carboxylic acids is 1. The van der Waals surface area contributed by atoms with E-state index in [9.17, 15) is 9.59 Å². The Morgan fingerprint density at radius 2 is 2.04 bits per heavy atom. The van der Waals surface area contributed by atoms with E-state index >= 15 is 0 Å². The fourth-order valence-electron chi connectivity index (χ4n) is 2.94. The normalized spacial score (nSPS) is 12.4. The molecule has 0 radical (unpaired) electrons. The number of aromatic nitrogens is 2. The third kappa shape index (κ3) is 4.62. The van der Waals surface area contributed by atoms with Crippen molar-refractivity contribution in [3.8, 4) is 0 Å². The molecule has 1 unspecified atom stereocenters. The van der Waals surface area contributed by atoms with Gasteiger partial charge in [-0.2, -0.15) is 0 Å². The van der Waals surface area contributed by atoms with Gasteiger partial charge in [0.1, 0.15) is 17.2 Å². The van der Waals surface area contributed by atoms with Crippen LogP contribution in [0.3, 0.4) is 0 Å². The smallest absolute Gasteiger partial charge is 0.270 e. The number of amides is 1. The van der Waals surface area contributed by atoms with E-state index in [2.05, 4.69) is 15.3 Å². The summed E-state index contributed by atoms with van der Waals surface area (Å²) in [5, 5.41) is 2.92. The summed E-state index contributed by atoms with van der Waals surface area (Å²) in [6.07, 6.45) is 0.490. The van der Waals surface area contributed by atoms with Crippen molar-refractivity contribution in [2.24, 2.45) is 0 Å². The Kier molecular flexibility index (Phi) is 5.71. The zero-order chi connectivity index (χ0) is 19.4. The number of aryl methyl sites for hydroxylation is 2. The summed E-state index contributed by atoms with van der Waals surface area (Å²) in [5.41, 5.74) is 1.53. The summed E-state index contributed by atoms with van der Waals surface area (Å²) in [6.45, 7) is 2.32. The molecule has 0 saturated heterocycles. The molecule has 0 aliphatic heterocycles. The first-order chi connectivity index (χ1) is 12.9. The minimum atomic E-state index is -0.251. The molecule has 7 heteroatoms. The van der Waals surface area contributed by atoms with Crippen molar-refractivity contribution in [3.63, 3.8) is 0 Å². The largest absolute Gasteiger partial charge is 0.465 e. The second-order valence-electron chi connectivity index (χ2n) is 6.76. The van der Waals surface area contributed by atoms with E-state index in [4.69, 9.17) is 4.42 Å². The fraction of sp³-hybridized carbons (Fsp3) is 0.350. The molecular weight excluding hydrogens is 344 g/mol. The SMILES string of the molecule is Cc1ccc(C(CNC(=O)CCc2nc3ccccc3[nH]c2=O)N(C)C)o1. The van der Waals surface area contributed by atoms with Gasteiger partial charge in [0.25, 0.3) is 5.56 Å². The van der Waals surface area contributed by atoms with Gasteiger partial charge in [-0.25, -0.2) is 4.98 Å². The molecule has 2 N–H and O–H groups in total. The second kappa shape index (κ2) is 8.18. The maximum Gasteiger partial charge on any atom is 0.270 e. The lowest BCUT2D eigenvalue weighted by Gasteiger charge is -2.22. The van der Waals surface area contributed by atoms with E-state index in [0.717, 1.165) is 11.5 Å². The van der Waals surface area contributed by atoms with E-state index in [1.165, 1.54) is 0 Å². The Labute approximate surface area is 157 Å². The number of fused-ring (bicyclic) bond motifs is 1. The first-order valence-corrected chi connectivity index (χ1v) is 8.91. The van der Waals surface area contributed by atoms with Crippen molar-refractivity contribution in [2.45, 2.75) is 25.8 Å². The van der Waals surface area contributed by atoms with Crippen molar-refractivity contribution < 1.29 is 9.21 Å². The van der Waals surface area contributed by atoms with Gasteiger partial charge in [0.15, 0.2) is 0 Å². The summed E-state index contributed by atoms with van der Waals surface area (Å²) in [6, 6.07) is 11.1. The minimum Gasteiger partial charge on any atom is -0.465 e. The van der Waals surface area contributed by atoms with Crippen LogP contribution in [0.2, 0.25) is 0 Å². The number of nitrogens with zero attached hydrogens (tertiary/aromatic N) is 2. The number of para-hydroxylation sites is 2. The van der Waals surface area contributed by atoms with Gasteiger partial charge in [-0.1, -0.05) is 12.1 Å². The summed E-state index contributed by atoms with van der Waals surface area (Å²) >= 11 is 0. The van der Waals surface area contributed by atoms with E-state index in [-0.39, 0.29) is 23.9 Å². The van der Waals surface area contributed by atoms with Gasteiger partial charge in [-0.05, 0) is 45.3 Å². The van der Waals surface area contributed by atoms with Crippen LogP contribution in [0.25, 0.3) is 11.0 Å². The molecule has 0 aliphatic carbocycles. The molecular formula is C20H24N4O3. The lowest BCUT2D eigenvalue weighted by atomic mass is 10.2. The molecule has 7 nitrogen and oxygen atoms in total. The van der Waals surface area contributed by atoms with Crippen molar-refractivity contribution in [2.75, 3.05) is 20.6 Å². The molecule has 142 valence electrons. The van der Waals surface area contributed by atoms with Crippen LogP contribution in [0.1, 0.15) is 29.7 Å². The minimum absolute atomic E-state index is 0.0511. The second-order valence-corrected chi connectivity index (χ2v) is 6.76. The Morgan fingerprint density at radius 3 is 2.74 bits per heavy atom. The standard InChI is InChI=1S/C20H24N4O3/c1-13-8-10-18(27-13)17(24(2)3)12-21-19(25)11-9-16-20(26)23-15-7-5-4-6-14(15)22-16/h4-8,10,17H,9,11-12H2,1-3H3,(H,21,25)(H,23,26). The molecule has 1 aromatic carbocycles. The number of rotatable bonds is 7. The van der Waals surface area contributed by atoms with E-state index < -0.39 is 0 Å². The highest BCUT2D eigenvalue weighted by atomic mass is 16.3. The summed E-state index contributed by atoms with van der Waals surface area (Å²) in [4.78, 5) is 33.5. The van der Waals surface area contributed by atoms with Crippen molar-refractivity contribution in [1.82, 2.24) is 20.2 Å². The summed E-state index contributed by atoms with van der Waals surface area (Å²) in [7, 11) is 3.88. The van der Waals surface area contributed by atoms with Gasteiger partial charge in [0, 0.05) is 19.4 Å². The predicted octanol–water partition coefficient (Wildman–Crippen LogP) is 2.18. The van der Waals surface area contributed by atoms with Gasteiger partial charge in [-0.15, -0.1) is 0 Å². The maximum absolute atomic E-state index is 12.3. The van der Waals surface area contributed by atoms with Crippen LogP contribution in [0.4, 0.5) is 0 Å². The average Bonchev–Trinajstić information content (AvgIpc) is 3.05. The highest BCUT2D eigenvalue weighted by Crippen LogP contribution is 2.19. The third-order valence-corrected chi connectivity index (χ3v) is 4.46. The molecule has 27 heavy (non-hydrogen) atoms. The number of furan rings is 1. The average molecular weight is 368 g/mol. The number of carbonyl (C=O) groups is 1. The Balaban J connectivity index is 1.59. The van der Waals surface area contributed by atoms with Crippen LogP contribution in [-0.4, -0.2) is 41.4 Å². The Bertz CT molecular complexity index is 990. The molecule has 0 bridgehead atoms. The van der Waals surface area contributed by atoms with Gasteiger partial charge in [0.05, 0.1) is 17.1 Å². The van der Waals surface area contributed by atoms with Gasteiger partial charge in [-0.3, -0.25) is 14.5 Å². The lowest BCUT2D eigenvalue weighted by molar-refractivity contribution is -0.121. The highest BCUT2D eigenvalue weighted by molar-refractivity contribution is 5.76. The van der Waals surface area contributed by atoms with Gasteiger partial charge in [0.2, 0.25) is 5.91 Å². The zero-order valence-corrected chi connectivity index (χ0v) is 15.8.